The molecule has 2 aliphatic carbocycles. The molecule has 130 valence electrons. The fourth-order valence-electron chi connectivity index (χ4n) is 3.81. The van der Waals surface area contributed by atoms with Crippen LogP contribution in [0.25, 0.3) is 0 Å². The van der Waals surface area contributed by atoms with Crippen molar-refractivity contribution < 1.29 is 19.1 Å². The number of nitrogens with one attached hydrogen (secondary N) is 1. The number of hydrogen-bond acceptors (Lipinski definition) is 4. The number of carbonyl (C=O) groups is 3. The molecule has 0 aromatic heterocycles. The molecule has 0 aliphatic heterocycles. The Balaban J connectivity index is 1.64. The maximum absolute atomic E-state index is 12.2. The summed E-state index contributed by atoms with van der Waals surface area (Å²) in [4.78, 5) is 34.6. The van der Waals surface area contributed by atoms with Crippen LogP contribution in [-0.2, 0) is 19.1 Å². The van der Waals surface area contributed by atoms with Gasteiger partial charge in [-0.2, -0.15) is 0 Å². The van der Waals surface area contributed by atoms with E-state index in [4.69, 9.17) is 4.74 Å². The van der Waals surface area contributed by atoms with Gasteiger partial charge in [-0.15, -0.1) is 0 Å². The molecule has 0 atom stereocenters. The van der Waals surface area contributed by atoms with Crippen molar-refractivity contribution in [2.45, 2.75) is 71.3 Å². The normalized spacial score (nSPS) is 31.2. The molecular formula is C18H29NO4. The molecule has 0 unspecified atom stereocenters. The van der Waals surface area contributed by atoms with Crippen molar-refractivity contribution in [3.8, 4) is 0 Å². The van der Waals surface area contributed by atoms with Crippen molar-refractivity contribution in [1.29, 1.82) is 0 Å². The largest absolute Gasteiger partial charge is 0.465 e. The lowest BCUT2D eigenvalue weighted by atomic mass is 9.80. The summed E-state index contributed by atoms with van der Waals surface area (Å²) in [7, 11) is 0. The van der Waals surface area contributed by atoms with Crippen LogP contribution in [0, 0.1) is 17.8 Å². The van der Waals surface area contributed by atoms with Gasteiger partial charge >= 0.3 is 5.97 Å². The Hall–Kier alpha value is -1.39. The molecule has 0 radical (unpaired) electrons. The lowest BCUT2D eigenvalue weighted by Crippen LogP contribution is -2.38. The zero-order valence-electron chi connectivity index (χ0n) is 14.3. The molecule has 0 heterocycles. The predicted octanol–water partition coefficient (Wildman–Crippen LogP) is 2.62. The minimum absolute atomic E-state index is 0.00260. The molecule has 2 aliphatic rings. The SMILES string of the molecule is CC(=O)NC1CCC(C(=O)OCC2CCC(C(C)=O)CC2)CC1. The highest BCUT2D eigenvalue weighted by molar-refractivity contribution is 5.78. The smallest absolute Gasteiger partial charge is 0.308 e. The number of Topliss-reactive ketones (excluding diaryl/α,β-unsaturated/α-hetero) is 1. The van der Waals surface area contributed by atoms with E-state index in [1.807, 2.05) is 0 Å². The van der Waals surface area contributed by atoms with Crippen LogP contribution in [0.5, 0.6) is 0 Å². The second-order valence-corrected chi connectivity index (χ2v) is 7.21. The first kappa shape index (κ1) is 18.0. The molecule has 0 saturated heterocycles. The van der Waals surface area contributed by atoms with Crippen LogP contribution in [-0.4, -0.2) is 30.3 Å². The van der Waals surface area contributed by atoms with Gasteiger partial charge in [0.1, 0.15) is 5.78 Å². The molecule has 23 heavy (non-hydrogen) atoms. The zero-order valence-corrected chi connectivity index (χ0v) is 14.3. The molecular weight excluding hydrogens is 294 g/mol. The van der Waals surface area contributed by atoms with Gasteiger partial charge in [0.15, 0.2) is 0 Å². The molecule has 0 bridgehead atoms. The van der Waals surface area contributed by atoms with Crippen LogP contribution in [0.15, 0.2) is 0 Å². The third kappa shape index (κ3) is 5.63. The summed E-state index contributed by atoms with van der Waals surface area (Å²) in [5, 5.41) is 2.92. The Morgan fingerprint density at radius 3 is 1.96 bits per heavy atom. The van der Waals surface area contributed by atoms with Gasteiger partial charge in [0.25, 0.3) is 0 Å². The number of amides is 1. The first-order chi connectivity index (χ1) is 11.0. The number of rotatable bonds is 5. The number of ether oxygens (including phenoxy) is 1. The standard InChI is InChI=1S/C18H29NO4/c1-12(20)15-5-3-14(4-6-15)11-23-18(22)16-7-9-17(10-8-16)19-13(2)21/h14-17H,3-11H2,1-2H3,(H,19,21). The van der Waals surface area contributed by atoms with Crippen LogP contribution < -0.4 is 5.32 Å². The third-order valence-corrected chi connectivity index (χ3v) is 5.35. The van der Waals surface area contributed by atoms with E-state index in [-0.39, 0.29) is 35.5 Å². The van der Waals surface area contributed by atoms with Crippen molar-refractivity contribution in [2.24, 2.45) is 17.8 Å². The van der Waals surface area contributed by atoms with E-state index in [0.29, 0.717) is 12.5 Å². The Morgan fingerprint density at radius 1 is 0.870 bits per heavy atom. The lowest BCUT2D eigenvalue weighted by molar-refractivity contribution is -0.151. The summed E-state index contributed by atoms with van der Waals surface area (Å²) < 4.78 is 5.52. The molecule has 1 N–H and O–H groups in total. The van der Waals surface area contributed by atoms with Gasteiger partial charge in [-0.1, -0.05) is 0 Å². The number of ketones is 1. The third-order valence-electron chi connectivity index (χ3n) is 5.35. The molecule has 5 heteroatoms. The minimum Gasteiger partial charge on any atom is -0.465 e. The molecule has 5 nitrogen and oxygen atoms in total. The van der Waals surface area contributed by atoms with Crippen molar-refractivity contribution in [3.05, 3.63) is 0 Å². The molecule has 0 aromatic carbocycles. The van der Waals surface area contributed by atoms with Gasteiger partial charge in [-0.05, 0) is 64.2 Å². The maximum Gasteiger partial charge on any atom is 0.308 e. The summed E-state index contributed by atoms with van der Waals surface area (Å²) in [6.07, 6.45) is 7.10. The highest BCUT2D eigenvalue weighted by Crippen LogP contribution is 2.30. The average Bonchev–Trinajstić information content (AvgIpc) is 2.53. The van der Waals surface area contributed by atoms with E-state index >= 15 is 0 Å². The van der Waals surface area contributed by atoms with E-state index in [0.717, 1.165) is 51.4 Å². The van der Waals surface area contributed by atoms with Crippen molar-refractivity contribution in [3.63, 3.8) is 0 Å². The quantitative estimate of drug-likeness (QED) is 0.789. The topological polar surface area (TPSA) is 72.5 Å². The second kappa shape index (κ2) is 8.46. The lowest BCUT2D eigenvalue weighted by Gasteiger charge is -2.29. The molecule has 2 saturated carbocycles. The Kier molecular flexibility index (Phi) is 6.60. The number of carbonyl (C=O) groups excluding carboxylic acids is 3. The van der Waals surface area contributed by atoms with Crippen LogP contribution >= 0.6 is 0 Å². The monoisotopic (exact) mass is 323 g/mol. The van der Waals surface area contributed by atoms with Gasteiger partial charge in [-0.25, -0.2) is 0 Å². The van der Waals surface area contributed by atoms with Crippen LogP contribution in [0.1, 0.15) is 65.2 Å². The fraction of sp³-hybridized carbons (Fsp3) is 0.833. The first-order valence-electron chi connectivity index (χ1n) is 8.90. The summed E-state index contributed by atoms with van der Waals surface area (Å²) in [6, 6.07) is 0.207. The van der Waals surface area contributed by atoms with E-state index in [2.05, 4.69) is 5.32 Å². The summed E-state index contributed by atoms with van der Waals surface area (Å²) in [5.41, 5.74) is 0. The van der Waals surface area contributed by atoms with E-state index in [1.165, 1.54) is 6.92 Å². The molecule has 0 aromatic rings. The average molecular weight is 323 g/mol. The van der Waals surface area contributed by atoms with E-state index in [9.17, 15) is 14.4 Å². The summed E-state index contributed by atoms with van der Waals surface area (Å²) in [6.45, 7) is 3.69. The summed E-state index contributed by atoms with van der Waals surface area (Å²) in [5.74, 6) is 0.804. The molecule has 2 rings (SSSR count). The number of hydrogen-bond donors (Lipinski definition) is 1. The fourth-order valence-corrected chi connectivity index (χ4v) is 3.81. The predicted molar refractivity (Wildman–Crippen MR) is 86.7 cm³/mol. The Labute approximate surface area is 138 Å². The minimum atomic E-state index is -0.0834. The van der Waals surface area contributed by atoms with E-state index < -0.39 is 0 Å². The highest BCUT2D eigenvalue weighted by Gasteiger charge is 2.29. The van der Waals surface area contributed by atoms with Gasteiger partial charge in [0.2, 0.25) is 5.91 Å². The summed E-state index contributed by atoms with van der Waals surface area (Å²) >= 11 is 0. The van der Waals surface area contributed by atoms with Crippen LogP contribution in [0.2, 0.25) is 0 Å². The molecule has 1 amide bonds. The Bertz CT molecular complexity index is 432. The second-order valence-electron chi connectivity index (χ2n) is 7.21. The van der Waals surface area contributed by atoms with Gasteiger partial charge in [0.05, 0.1) is 12.5 Å². The van der Waals surface area contributed by atoms with Crippen molar-refractivity contribution in [2.75, 3.05) is 6.61 Å². The van der Waals surface area contributed by atoms with E-state index in [1.54, 1.807) is 6.92 Å². The number of esters is 1. The van der Waals surface area contributed by atoms with Gasteiger partial charge in [-0.3, -0.25) is 14.4 Å². The van der Waals surface area contributed by atoms with Gasteiger partial charge in [0, 0.05) is 18.9 Å². The van der Waals surface area contributed by atoms with Crippen molar-refractivity contribution >= 4 is 17.7 Å². The van der Waals surface area contributed by atoms with Crippen molar-refractivity contribution in [1.82, 2.24) is 5.32 Å². The first-order valence-corrected chi connectivity index (χ1v) is 8.90. The zero-order chi connectivity index (χ0) is 16.8. The Morgan fingerprint density at radius 2 is 1.43 bits per heavy atom. The maximum atomic E-state index is 12.2. The highest BCUT2D eigenvalue weighted by atomic mass is 16.5. The van der Waals surface area contributed by atoms with Gasteiger partial charge < -0.3 is 10.1 Å². The van der Waals surface area contributed by atoms with Crippen LogP contribution in [0.3, 0.4) is 0 Å². The van der Waals surface area contributed by atoms with Crippen LogP contribution in [0.4, 0.5) is 0 Å². The molecule has 2 fully saturated rings. The molecule has 0 spiro atoms.